The molecule has 3 rings (SSSR count). The molecule has 0 radical (unpaired) electrons. The molecule has 0 atom stereocenters. The maximum absolute atomic E-state index is 4.27. The second-order valence-electron chi connectivity index (χ2n) is 4.86. The van der Waals surface area contributed by atoms with Gasteiger partial charge in [0.25, 0.3) is 0 Å². The van der Waals surface area contributed by atoms with E-state index in [1.54, 1.807) is 0 Å². The highest BCUT2D eigenvalue weighted by Crippen LogP contribution is 2.26. The number of nitrogens with zero attached hydrogens (tertiary/aromatic N) is 2. The summed E-state index contributed by atoms with van der Waals surface area (Å²) in [5.74, 6) is 0. The zero-order chi connectivity index (χ0) is 11.5. The molecule has 0 aromatic carbocycles. The van der Waals surface area contributed by atoms with Gasteiger partial charge in [0, 0.05) is 43.3 Å². The van der Waals surface area contributed by atoms with Crippen molar-refractivity contribution < 1.29 is 0 Å². The molecule has 2 aliphatic heterocycles. The highest BCUT2D eigenvalue weighted by atomic mass is 15.1. The molecule has 1 N–H and O–H groups in total. The molecule has 2 aliphatic rings. The Morgan fingerprint density at radius 2 is 2.18 bits per heavy atom. The minimum Gasteiger partial charge on any atom is -0.371 e. The topological polar surface area (TPSA) is 28.2 Å². The Labute approximate surface area is 103 Å². The monoisotopic (exact) mass is 229 g/mol. The predicted molar refractivity (Wildman–Crippen MR) is 71.1 cm³/mol. The van der Waals surface area contributed by atoms with Gasteiger partial charge in [0.1, 0.15) is 0 Å². The molecule has 17 heavy (non-hydrogen) atoms. The van der Waals surface area contributed by atoms with Crippen molar-refractivity contribution in [1.82, 2.24) is 10.3 Å². The molecular formula is C14H19N3. The average molecular weight is 229 g/mol. The van der Waals surface area contributed by atoms with Gasteiger partial charge in [-0.05, 0) is 31.9 Å². The van der Waals surface area contributed by atoms with Gasteiger partial charge in [-0.3, -0.25) is 4.98 Å². The van der Waals surface area contributed by atoms with Crippen molar-refractivity contribution in [2.75, 3.05) is 31.1 Å². The standard InChI is InChI=1S/C14H19N3/c1-2-8-17(7-1)14-4-6-16-11-13(14)9-12-3-5-15-10-12/h4,6,9,11,15H,1-3,5,7-8,10H2. The van der Waals surface area contributed by atoms with Crippen LogP contribution in [0.5, 0.6) is 0 Å². The largest absolute Gasteiger partial charge is 0.371 e. The number of rotatable bonds is 2. The van der Waals surface area contributed by atoms with E-state index in [4.69, 9.17) is 0 Å². The molecule has 3 nitrogen and oxygen atoms in total. The van der Waals surface area contributed by atoms with E-state index in [9.17, 15) is 0 Å². The maximum atomic E-state index is 4.27. The summed E-state index contributed by atoms with van der Waals surface area (Å²) in [7, 11) is 0. The van der Waals surface area contributed by atoms with Crippen LogP contribution in [0.4, 0.5) is 5.69 Å². The lowest BCUT2D eigenvalue weighted by molar-refractivity contribution is 0.862. The van der Waals surface area contributed by atoms with Crippen molar-refractivity contribution in [1.29, 1.82) is 0 Å². The molecule has 3 heteroatoms. The van der Waals surface area contributed by atoms with Gasteiger partial charge in [0.15, 0.2) is 0 Å². The molecule has 0 saturated carbocycles. The second kappa shape index (κ2) is 4.88. The summed E-state index contributed by atoms with van der Waals surface area (Å²) in [6.45, 7) is 4.54. The lowest BCUT2D eigenvalue weighted by Crippen LogP contribution is -2.18. The first kappa shape index (κ1) is 10.8. The van der Waals surface area contributed by atoms with Gasteiger partial charge < -0.3 is 10.2 Å². The van der Waals surface area contributed by atoms with Gasteiger partial charge in [-0.1, -0.05) is 11.6 Å². The number of anilines is 1. The quantitative estimate of drug-likeness (QED) is 0.841. The minimum absolute atomic E-state index is 1.04. The molecular weight excluding hydrogens is 210 g/mol. The summed E-state index contributed by atoms with van der Waals surface area (Å²) in [5.41, 5.74) is 4.14. The third-order valence-corrected chi connectivity index (χ3v) is 3.61. The van der Waals surface area contributed by atoms with Crippen LogP contribution in [0.1, 0.15) is 24.8 Å². The SMILES string of the molecule is C(=C1CCNC1)c1cnccc1N1CCCC1. The van der Waals surface area contributed by atoms with Gasteiger partial charge in [0.05, 0.1) is 0 Å². The lowest BCUT2D eigenvalue weighted by atomic mass is 10.1. The van der Waals surface area contributed by atoms with Crippen LogP contribution in [-0.4, -0.2) is 31.2 Å². The summed E-state index contributed by atoms with van der Waals surface area (Å²) < 4.78 is 0. The first-order valence-corrected chi connectivity index (χ1v) is 6.52. The fourth-order valence-electron chi connectivity index (χ4n) is 2.69. The zero-order valence-corrected chi connectivity index (χ0v) is 10.2. The van der Waals surface area contributed by atoms with E-state index in [0.29, 0.717) is 0 Å². The minimum atomic E-state index is 1.04. The van der Waals surface area contributed by atoms with Gasteiger partial charge in [-0.15, -0.1) is 0 Å². The molecule has 2 fully saturated rings. The molecule has 0 bridgehead atoms. The average Bonchev–Trinajstić information content (AvgIpc) is 3.01. The van der Waals surface area contributed by atoms with E-state index in [1.807, 2.05) is 12.4 Å². The first-order chi connectivity index (χ1) is 8.43. The van der Waals surface area contributed by atoms with E-state index in [0.717, 1.165) is 13.1 Å². The van der Waals surface area contributed by atoms with Gasteiger partial charge >= 0.3 is 0 Å². The van der Waals surface area contributed by atoms with Crippen LogP contribution in [0.3, 0.4) is 0 Å². The molecule has 0 spiro atoms. The molecule has 1 aromatic heterocycles. The molecule has 0 unspecified atom stereocenters. The number of pyridine rings is 1. The van der Waals surface area contributed by atoms with E-state index in [2.05, 4.69) is 27.3 Å². The van der Waals surface area contributed by atoms with Crippen molar-refractivity contribution in [3.05, 3.63) is 29.6 Å². The summed E-state index contributed by atoms with van der Waals surface area (Å²) in [5, 5.41) is 3.38. The number of aromatic nitrogens is 1. The third kappa shape index (κ3) is 2.34. The number of hydrogen-bond donors (Lipinski definition) is 1. The van der Waals surface area contributed by atoms with Crippen LogP contribution in [0.15, 0.2) is 24.0 Å². The van der Waals surface area contributed by atoms with Gasteiger partial charge in [-0.2, -0.15) is 0 Å². The van der Waals surface area contributed by atoms with Crippen LogP contribution in [-0.2, 0) is 0 Å². The van der Waals surface area contributed by atoms with Crippen molar-refractivity contribution in [3.63, 3.8) is 0 Å². The Balaban J connectivity index is 1.89. The van der Waals surface area contributed by atoms with Crippen molar-refractivity contribution in [2.45, 2.75) is 19.3 Å². The summed E-state index contributed by atoms with van der Waals surface area (Å²) >= 11 is 0. The Bertz CT molecular complexity index is 411. The Morgan fingerprint density at radius 3 is 2.94 bits per heavy atom. The highest BCUT2D eigenvalue weighted by molar-refractivity contribution is 5.68. The predicted octanol–water partition coefficient (Wildman–Crippen LogP) is 2.06. The third-order valence-electron chi connectivity index (χ3n) is 3.61. The molecule has 2 saturated heterocycles. The van der Waals surface area contributed by atoms with E-state index >= 15 is 0 Å². The Kier molecular flexibility index (Phi) is 3.10. The van der Waals surface area contributed by atoms with Crippen LogP contribution in [0.25, 0.3) is 6.08 Å². The van der Waals surface area contributed by atoms with Crippen LogP contribution < -0.4 is 10.2 Å². The van der Waals surface area contributed by atoms with Crippen LogP contribution in [0.2, 0.25) is 0 Å². The molecule has 3 heterocycles. The van der Waals surface area contributed by atoms with E-state index < -0.39 is 0 Å². The van der Waals surface area contributed by atoms with E-state index in [1.165, 1.54) is 49.2 Å². The zero-order valence-electron chi connectivity index (χ0n) is 10.2. The summed E-state index contributed by atoms with van der Waals surface area (Å²) in [6, 6.07) is 2.15. The molecule has 90 valence electrons. The number of hydrogen-bond acceptors (Lipinski definition) is 3. The van der Waals surface area contributed by atoms with Gasteiger partial charge in [-0.25, -0.2) is 0 Å². The highest BCUT2D eigenvalue weighted by Gasteiger charge is 2.15. The van der Waals surface area contributed by atoms with Crippen molar-refractivity contribution in [3.8, 4) is 0 Å². The molecule has 0 amide bonds. The first-order valence-electron chi connectivity index (χ1n) is 6.52. The normalized spacial score (nSPS) is 22.6. The summed E-state index contributed by atoms with van der Waals surface area (Å²) in [6.07, 6.45) is 10.0. The van der Waals surface area contributed by atoms with E-state index in [-0.39, 0.29) is 0 Å². The second-order valence-corrected chi connectivity index (χ2v) is 4.86. The Morgan fingerprint density at radius 1 is 1.29 bits per heavy atom. The van der Waals surface area contributed by atoms with Crippen LogP contribution >= 0.6 is 0 Å². The molecule has 0 aliphatic carbocycles. The fraction of sp³-hybridized carbons (Fsp3) is 0.500. The van der Waals surface area contributed by atoms with Crippen LogP contribution in [0, 0.1) is 0 Å². The maximum Gasteiger partial charge on any atom is 0.0470 e. The fourth-order valence-corrected chi connectivity index (χ4v) is 2.69. The Hall–Kier alpha value is -1.35. The lowest BCUT2D eigenvalue weighted by Gasteiger charge is -2.19. The molecule has 1 aromatic rings. The number of nitrogens with one attached hydrogen (secondary N) is 1. The van der Waals surface area contributed by atoms with Crippen molar-refractivity contribution in [2.24, 2.45) is 0 Å². The smallest absolute Gasteiger partial charge is 0.0470 e. The van der Waals surface area contributed by atoms with Gasteiger partial charge in [0.2, 0.25) is 0 Å². The summed E-state index contributed by atoms with van der Waals surface area (Å²) in [4.78, 5) is 6.75. The van der Waals surface area contributed by atoms with Crippen molar-refractivity contribution >= 4 is 11.8 Å².